The van der Waals surface area contributed by atoms with Crippen LogP contribution in [0.2, 0.25) is 0 Å². The zero-order valence-electron chi connectivity index (χ0n) is 10.4. The van der Waals surface area contributed by atoms with Gasteiger partial charge in [-0.05, 0) is 54.0 Å². The van der Waals surface area contributed by atoms with E-state index in [9.17, 15) is 0 Å². The molecule has 1 aromatic carbocycles. The van der Waals surface area contributed by atoms with Gasteiger partial charge in [0.15, 0.2) is 0 Å². The standard InChI is InChI=1S/C15H16BrNS/c1-10-7-8-18-15(10)9-17-14-6-5-11-12(14)3-2-4-13(11)16/h2-4,7-8,14,17H,5-6,9H2,1H3. The van der Waals surface area contributed by atoms with Gasteiger partial charge in [0, 0.05) is 21.9 Å². The molecule has 18 heavy (non-hydrogen) atoms. The Bertz CT molecular complexity index is 561. The van der Waals surface area contributed by atoms with Crippen LogP contribution in [-0.2, 0) is 13.0 Å². The van der Waals surface area contributed by atoms with Gasteiger partial charge in [-0.1, -0.05) is 28.1 Å². The number of aryl methyl sites for hydroxylation is 1. The number of nitrogens with one attached hydrogen (secondary N) is 1. The largest absolute Gasteiger partial charge is 0.305 e. The third kappa shape index (κ3) is 2.27. The highest BCUT2D eigenvalue weighted by Crippen LogP contribution is 2.35. The molecule has 0 radical (unpaired) electrons. The lowest BCUT2D eigenvalue weighted by atomic mass is 10.1. The van der Waals surface area contributed by atoms with Gasteiger partial charge in [-0.2, -0.15) is 0 Å². The first-order chi connectivity index (χ1) is 8.75. The monoisotopic (exact) mass is 321 g/mol. The SMILES string of the molecule is Cc1ccsc1CNC1CCc2c(Br)cccc21. The van der Waals surface area contributed by atoms with Gasteiger partial charge in [0.25, 0.3) is 0 Å². The molecule has 0 saturated heterocycles. The van der Waals surface area contributed by atoms with E-state index in [1.165, 1.54) is 38.9 Å². The summed E-state index contributed by atoms with van der Waals surface area (Å²) in [6, 6.07) is 9.25. The van der Waals surface area contributed by atoms with Gasteiger partial charge >= 0.3 is 0 Å². The molecule has 1 heterocycles. The first-order valence-electron chi connectivity index (χ1n) is 6.29. The predicted molar refractivity (Wildman–Crippen MR) is 81.1 cm³/mol. The zero-order valence-corrected chi connectivity index (χ0v) is 12.8. The molecule has 1 unspecified atom stereocenters. The molecule has 1 aliphatic rings. The minimum absolute atomic E-state index is 0.513. The number of fused-ring (bicyclic) bond motifs is 1. The molecule has 3 heteroatoms. The Morgan fingerprint density at radius 1 is 1.39 bits per heavy atom. The Hall–Kier alpha value is -0.640. The van der Waals surface area contributed by atoms with Crippen LogP contribution in [0.3, 0.4) is 0 Å². The molecular formula is C15H16BrNS. The van der Waals surface area contributed by atoms with Crippen LogP contribution in [0.4, 0.5) is 0 Å². The van der Waals surface area contributed by atoms with Crippen LogP contribution in [-0.4, -0.2) is 0 Å². The zero-order chi connectivity index (χ0) is 12.5. The molecule has 1 N–H and O–H groups in total. The highest BCUT2D eigenvalue weighted by Gasteiger charge is 2.23. The quantitative estimate of drug-likeness (QED) is 0.871. The molecule has 0 amide bonds. The molecule has 94 valence electrons. The molecule has 0 aliphatic heterocycles. The van der Waals surface area contributed by atoms with Crippen molar-refractivity contribution in [2.24, 2.45) is 0 Å². The van der Waals surface area contributed by atoms with Crippen molar-refractivity contribution >= 4 is 27.3 Å². The van der Waals surface area contributed by atoms with E-state index < -0.39 is 0 Å². The van der Waals surface area contributed by atoms with Crippen LogP contribution in [0.15, 0.2) is 34.1 Å². The van der Waals surface area contributed by atoms with Gasteiger partial charge < -0.3 is 5.32 Å². The van der Waals surface area contributed by atoms with Gasteiger partial charge in [0.2, 0.25) is 0 Å². The predicted octanol–water partition coefficient (Wildman–Crippen LogP) is 4.60. The third-order valence-corrected chi connectivity index (χ3v) is 5.46. The van der Waals surface area contributed by atoms with E-state index in [2.05, 4.69) is 57.8 Å². The normalized spacial score (nSPS) is 18.0. The van der Waals surface area contributed by atoms with E-state index in [4.69, 9.17) is 0 Å². The van der Waals surface area contributed by atoms with Crippen molar-refractivity contribution in [3.05, 3.63) is 55.7 Å². The maximum Gasteiger partial charge on any atom is 0.0329 e. The van der Waals surface area contributed by atoms with Crippen LogP contribution >= 0.6 is 27.3 Å². The lowest BCUT2D eigenvalue weighted by Gasteiger charge is -2.14. The second-order valence-corrected chi connectivity index (χ2v) is 6.66. The van der Waals surface area contributed by atoms with Crippen molar-refractivity contribution in [2.45, 2.75) is 32.4 Å². The number of rotatable bonds is 3. The summed E-state index contributed by atoms with van der Waals surface area (Å²) in [6.45, 7) is 3.17. The Labute approximate surface area is 120 Å². The summed E-state index contributed by atoms with van der Waals surface area (Å²) in [5.74, 6) is 0. The number of hydrogen-bond donors (Lipinski definition) is 1. The lowest BCUT2D eigenvalue weighted by Crippen LogP contribution is -2.18. The fraction of sp³-hybridized carbons (Fsp3) is 0.333. The van der Waals surface area contributed by atoms with Crippen molar-refractivity contribution in [3.63, 3.8) is 0 Å². The van der Waals surface area contributed by atoms with E-state index >= 15 is 0 Å². The van der Waals surface area contributed by atoms with Crippen molar-refractivity contribution in [3.8, 4) is 0 Å². The molecule has 0 bridgehead atoms. The smallest absolute Gasteiger partial charge is 0.0329 e. The first kappa shape index (κ1) is 12.4. The average Bonchev–Trinajstić information content (AvgIpc) is 2.94. The van der Waals surface area contributed by atoms with Crippen molar-refractivity contribution < 1.29 is 0 Å². The lowest BCUT2D eigenvalue weighted by molar-refractivity contribution is 0.532. The Kier molecular flexibility index (Phi) is 3.55. The summed E-state index contributed by atoms with van der Waals surface area (Å²) < 4.78 is 1.26. The van der Waals surface area contributed by atoms with E-state index in [1.807, 2.05) is 11.3 Å². The van der Waals surface area contributed by atoms with Gasteiger partial charge in [-0.25, -0.2) is 0 Å². The number of halogens is 1. The summed E-state index contributed by atoms with van der Waals surface area (Å²) in [5.41, 5.74) is 4.36. The highest BCUT2D eigenvalue weighted by atomic mass is 79.9. The maximum atomic E-state index is 3.70. The molecule has 0 saturated carbocycles. The number of thiophene rings is 1. The Balaban J connectivity index is 1.74. The molecule has 1 aliphatic carbocycles. The minimum Gasteiger partial charge on any atom is -0.305 e. The molecule has 1 aromatic heterocycles. The maximum absolute atomic E-state index is 3.70. The minimum atomic E-state index is 0.513. The summed E-state index contributed by atoms with van der Waals surface area (Å²) in [5, 5.41) is 5.87. The first-order valence-corrected chi connectivity index (χ1v) is 7.96. The van der Waals surface area contributed by atoms with Crippen LogP contribution in [0.1, 0.15) is 34.0 Å². The van der Waals surface area contributed by atoms with Crippen LogP contribution in [0, 0.1) is 6.92 Å². The molecule has 3 rings (SSSR count). The van der Waals surface area contributed by atoms with Crippen molar-refractivity contribution in [2.75, 3.05) is 0 Å². The van der Waals surface area contributed by atoms with Crippen LogP contribution < -0.4 is 5.32 Å². The van der Waals surface area contributed by atoms with Gasteiger partial charge in [0.1, 0.15) is 0 Å². The Morgan fingerprint density at radius 2 is 2.28 bits per heavy atom. The van der Waals surface area contributed by atoms with Gasteiger partial charge in [-0.3, -0.25) is 0 Å². The topological polar surface area (TPSA) is 12.0 Å². The van der Waals surface area contributed by atoms with E-state index in [0.717, 1.165) is 6.54 Å². The highest BCUT2D eigenvalue weighted by molar-refractivity contribution is 9.10. The van der Waals surface area contributed by atoms with Crippen LogP contribution in [0.5, 0.6) is 0 Å². The molecule has 2 aromatic rings. The van der Waals surface area contributed by atoms with Crippen molar-refractivity contribution in [1.82, 2.24) is 5.32 Å². The van der Waals surface area contributed by atoms with Crippen LogP contribution in [0.25, 0.3) is 0 Å². The molecule has 0 fully saturated rings. The second-order valence-electron chi connectivity index (χ2n) is 4.81. The summed E-state index contributed by atoms with van der Waals surface area (Å²) in [6.07, 6.45) is 2.39. The summed E-state index contributed by atoms with van der Waals surface area (Å²) >= 11 is 5.50. The third-order valence-electron chi connectivity index (χ3n) is 3.69. The fourth-order valence-corrected chi connectivity index (χ4v) is 4.06. The number of benzene rings is 1. The average molecular weight is 322 g/mol. The van der Waals surface area contributed by atoms with Gasteiger partial charge in [0.05, 0.1) is 0 Å². The van der Waals surface area contributed by atoms with E-state index in [-0.39, 0.29) is 0 Å². The van der Waals surface area contributed by atoms with E-state index in [1.54, 1.807) is 0 Å². The number of hydrogen-bond acceptors (Lipinski definition) is 2. The van der Waals surface area contributed by atoms with Gasteiger partial charge in [-0.15, -0.1) is 11.3 Å². The summed E-state index contributed by atoms with van der Waals surface area (Å²) in [7, 11) is 0. The molecular weight excluding hydrogens is 306 g/mol. The summed E-state index contributed by atoms with van der Waals surface area (Å²) in [4.78, 5) is 1.46. The molecule has 0 spiro atoms. The van der Waals surface area contributed by atoms with Crippen molar-refractivity contribution in [1.29, 1.82) is 0 Å². The Morgan fingerprint density at radius 3 is 3.06 bits per heavy atom. The second kappa shape index (κ2) is 5.16. The molecule has 1 atom stereocenters. The van der Waals surface area contributed by atoms with E-state index in [0.29, 0.717) is 6.04 Å². The molecule has 1 nitrogen and oxygen atoms in total. The fourth-order valence-electron chi connectivity index (χ4n) is 2.62.